The number of nitrogens with one attached hydrogen (secondary N) is 1. The maximum Gasteiger partial charge on any atom is 0.220 e. The molecule has 0 aliphatic rings. The van der Waals surface area contributed by atoms with Crippen molar-refractivity contribution in [1.82, 2.24) is 5.32 Å². The number of alkyl halides is 1. The number of hydrogen-bond donors (Lipinski definition) is 2. The van der Waals surface area contributed by atoms with E-state index >= 15 is 0 Å². The summed E-state index contributed by atoms with van der Waals surface area (Å²) in [6.07, 6.45) is 1.74. The Bertz CT molecular complexity index is 160. The third-order valence-electron chi connectivity index (χ3n) is 1.97. The Balaban J connectivity index is 3.57. The lowest BCUT2D eigenvalue weighted by molar-refractivity contribution is -0.122. The molecule has 0 bridgehead atoms. The molecule has 0 aliphatic heterocycles. The summed E-state index contributed by atoms with van der Waals surface area (Å²) in [6, 6.07) is 0. The summed E-state index contributed by atoms with van der Waals surface area (Å²) in [5, 5.41) is 12.2. The number of hydrogen-bond acceptors (Lipinski definition) is 2. The van der Waals surface area contributed by atoms with Gasteiger partial charge in [-0.05, 0) is 19.8 Å². The van der Waals surface area contributed by atoms with E-state index in [-0.39, 0.29) is 5.91 Å². The molecule has 0 aromatic heterocycles. The molecule has 3 nitrogen and oxygen atoms in total. The Morgan fingerprint density at radius 1 is 1.62 bits per heavy atom. The third kappa shape index (κ3) is 6.84. The molecule has 2 N–H and O–H groups in total. The molecule has 1 unspecified atom stereocenters. The number of aliphatic hydroxyl groups is 1. The molecule has 0 radical (unpaired) electrons. The maximum absolute atomic E-state index is 11.1. The van der Waals surface area contributed by atoms with Crippen LogP contribution in [0.3, 0.4) is 0 Å². The molecule has 0 saturated heterocycles. The van der Waals surface area contributed by atoms with Crippen molar-refractivity contribution in [2.75, 3.05) is 12.4 Å². The van der Waals surface area contributed by atoms with Gasteiger partial charge in [0, 0.05) is 18.8 Å². The van der Waals surface area contributed by atoms with Crippen LogP contribution < -0.4 is 5.32 Å². The van der Waals surface area contributed by atoms with Crippen LogP contribution in [-0.4, -0.2) is 29.0 Å². The van der Waals surface area contributed by atoms with E-state index in [1.165, 1.54) is 0 Å². The van der Waals surface area contributed by atoms with E-state index in [0.717, 1.165) is 0 Å². The van der Waals surface area contributed by atoms with Crippen LogP contribution in [0, 0.1) is 0 Å². The lowest BCUT2D eigenvalue weighted by Gasteiger charge is -2.21. The zero-order chi connectivity index (χ0) is 10.3. The zero-order valence-electron chi connectivity index (χ0n) is 8.27. The molecule has 0 spiro atoms. The van der Waals surface area contributed by atoms with Gasteiger partial charge in [-0.25, -0.2) is 0 Å². The maximum atomic E-state index is 11.1. The summed E-state index contributed by atoms with van der Waals surface area (Å²) in [4.78, 5) is 11.1. The standard InChI is InChI=1S/C9H18ClNO2/c1-3-9(2,13)7-11-8(12)5-4-6-10/h13H,3-7H2,1-2H3,(H,11,12). The predicted molar refractivity (Wildman–Crippen MR) is 53.9 cm³/mol. The van der Waals surface area contributed by atoms with Gasteiger partial charge in [-0.15, -0.1) is 11.6 Å². The predicted octanol–water partition coefficient (Wildman–Crippen LogP) is 1.28. The highest BCUT2D eigenvalue weighted by molar-refractivity contribution is 6.17. The van der Waals surface area contributed by atoms with Crippen LogP contribution in [0.15, 0.2) is 0 Å². The zero-order valence-corrected chi connectivity index (χ0v) is 9.02. The first-order valence-electron chi connectivity index (χ1n) is 4.57. The van der Waals surface area contributed by atoms with Gasteiger partial charge in [0.25, 0.3) is 0 Å². The fraction of sp³-hybridized carbons (Fsp3) is 0.889. The Morgan fingerprint density at radius 3 is 2.69 bits per heavy atom. The van der Waals surface area contributed by atoms with E-state index in [1.54, 1.807) is 6.92 Å². The van der Waals surface area contributed by atoms with Crippen molar-refractivity contribution in [1.29, 1.82) is 0 Å². The van der Waals surface area contributed by atoms with Crippen molar-refractivity contribution >= 4 is 17.5 Å². The first kappa shape index (κ1) is 12.7. The van der Waals surface area contributed by atoms with Crippen molar-refractivity contribution < 1.29 is 9.90 Å². The van der Waals surface area contributed by atoms with Crippen molar-refractivity contribution in [3.05, 3.63) is 0 Å². The van der Waals surface area contributed by atoms with Crippen LogP contribution in [0.25, 0.3) is 0 Å². The number of rotatable bonds is 6. The summed E-state index contributed by atoms with van der Waals surface area (Å²) >= 11 is 5.43. The summed E-state index contributed by atoms with van der Waals surface area (Å²) in [6.45, 7) is 3.89. The van der Waals surface area contributed by atoms with Gasteiger partial charge < -0.3 is 10.4 Å². The largest absolute Gasteiger partial charge is 0.388 e. The molecule has 4 heteroatoms. The number of carbonyl (C=O) groups excluding carboxylic acids is 1. The van der Waals surface area contributed by atoms with Gasteiger partial charge in [-0.1, -0.05) is 6.92 Å². The molecule has 0 heterocycles. The van der Waals surface area contributed by atoms with E-state index in [0.29, 0.717) is 31.7 Å². The Morgan fingerprint density at radius 2 is 2.23 bits per heavy atom. The average molecular weight is 208 g/mol. The van der Waals surface area contributed by atoms with Crippen molar-refractivity contribution in [2.45, 2.75) is 38.7 Å². The average Bonchev–Trinajstić information content (AvgIpc) is 2.11. The number of halogens is 1. The summed E-state index contributed by atoms with van der Waals surface area (Å²) < 4.78 is 0. The number of carbonyl (C=O) groups is 1. The minimum Gasteiger partial charge on any atom is -0.388 e. The highest BCUT2D eigenvalue weighted by Crippen LogP contribution is 2.05. The van der Waals surface area contributed by atoms with E-state index in [2.05, 4.69) is 5.32 Å². The van der Waals surface area contributed by atoms with Gasteiger partial charge in [-0.3, -0.25) is 4.79 Å². The van der Waals surface area contributed by atoms with Gasteiger partial charge in [-0.2, -0.15) is 0 Å². The second-order valence-corrected chi connectivity index (χ2v) is 3.80. The Labute approximate surface area is 84.5 Å². The fourth-order valence-corrected chi connectivity index (χ4v) is 0.863. The summed E-state index contributed by atoms with van der Waals surface area (Å²) in [5.74, 6) is 0.451. The fourth-order valence-electron chi connectivity index (χ4n) is 0.730. The van der Waals surface area contributed by atoms with Crippen molar-refractivity contribution in [3.63, 3.8) is 0 Å². The smallest absolute Gasteiger partial charge is 0.220 e. The highest BCUT2D eigenvalue weighted by Gasteiger charge is 2.17. The van der Waals surface area contributed by atoms with Gasteiger partial charge >= 0.3 is 0 Å². The van der Waals surface area contributed by atoms with Gasteiger partial charge in [0.2, 0.25) is 5.91 Å². The molecule has 0 aromatic carbocycles. The minimum absolute atomic E-state index is 0.0469. The molecule has 0 rings (SSSR count). The lowest BCUT2D eigenvalue weighted by atomic mass is 10.0. The van der Waals surface area contributed by atoms with Crippen LogP contribution >= 0.6 is 11.6 Å². The molecule has 0 fully saturated rings. The van der Waals surface area contributed by atoms with Crippen molar-refractivity contribution in [3.8, 4) is 0 Å². The molecule has 78 valence electrons. The van der Waals surface area contributed by atoms with Crippen LogP contribution in [-0.2, 0) is 4.79 Å². The quantitative estimate of drug-likeness (QED) is 0.645. The van der Waals surface area contributed by atoms with E-state index in [4.69, 9.17) is 11.6 Å². The Kier molecular flexibility index (Phi) is 6.08. The van der Waals surface area contributed by atoms with Crippen LogP contribution in [0.5, 0.6) is 0 Å². The molecular weight excluding hydrogens is 190 g/mol. The van der Waals surface area contributed by atoms with Gasteiger partial charge in [0.15, 0.2) is 0 Å². The van der Waals surface area contributed by atoms with Gasteiger partial charge in [0.1, 0.15) is 0 Å². The molecule has 1 atom stereocenters. The topological polar surface area (TPSA) is 49.3 Å². The van der Waals surface area contributed by atoms with E-state index < -0.39 is 5.60 Å². The monoisotopic (exact) mass is 207 g/mol. The molecule has 0 aromatic rings. The first-order chi connectivity index (χ1) is 6.02. The van der Waals surface area contributed by atoms with Crippen LogP contribution in [0.4, 0.5) is 0 Å². The SMILES string of the molecule is CCC(C)(O)CNC(=O)CCCCl. The molecule has 0 saturated carbocycles. The van der Waals surface area contributed by atoms with Crippen molar-refractivity contribution in [2.24, 2.45) is 0 Å². The second kappa shape index (κ2) is 6.22. The molecule has 13 heavy (non-hydrogen) atoms. The van der Waals surface area contributed by atoms with Crippen LogP contribution in [0.2, 0.25) is 0 Å². The van der Waals surface area contributed by atoms with E-state index in [1.807, 2.05) is 6.92 Å². The minimum atomic E-state index is -0.795. The van der Waals surface area contributed by atoms with Gasteiger partial charge in [0.05, 0.1) is 5.60 Å². The second-order valence-electron chi connectivity index (χ2n) is 3.42. The Hall–Kier alpha value is -0.280. The summed E-state index contributed by atoms with van der Waals surface area (Å²) in [5.41, 5.74) is -0.795. The van der Waals surface area contributed by atoms with E-state index in [9.17, 15) is 9.90 Å². The summed E-state index contributed by atoms with van der Waals surface area (Å²) in [7, 11) is 0. The third-order valence-corrected chi connectivity index (χ3v) is 2.23. The highest BCUT2D eigenvalue weighted by atomic mass is 35.5. The normalized spacial score (nSPS) is 15.1. The lowest BCUT2D eigenvalue weighted by Crippen LogP contribution is -2.39. The molecule has 0 aliphatic carbocycles. The van der Waals surface area contributed by atoms with Crippen LogP contribution in [0.1, 0.15) is 33.1 Å². The first-order valence-corrected chi connectivity index (χ1v) is 5.10. The molecular formula is C9H18ClNO2. The number of amides is 1. The molecule has 1 amide bonds.